The largest absolute Gasteiger partial charge is 0.433 e. The molecule has 3 rings (SSSR count). The zero-order chi connectivity index (χ0) is 19.8. The molecule has 146 valence electrons. The highest BCUT2D eigenvalue weighted by molar-refractivity contribution is 5.44. The SMILES string of the molecule is Cc1nc(N2CCN(c3nccc(C(F)(F)F)n3)CC2)cc(C(C)(C)C)n1. The van der Waals surface area contributed by atoms with Crippen LogP contribution in [0, 0.1) is 6.92 Å². The van der Waals surface area contributed by atoms with Crippen molar-refractivity contribution in [2.45, 2.75) is 39.3 Å². The Hall–Kier alpha value is -2.45. The summed E-state index contributed by atoms with van der Waals surface area (Å²) in [5, 5.41) is 0. The van der Waals surface area contributed by atoms with E-state index in [1.807, 2.05) is 13.0 Å². The Kier molecular flexibility index (Phi) is 4.96. The maximum Gasteiger partial charge on any atom is 0.433 e. The molecule has 0 N–H and O–H groups in total. The first-order valence-electron chi connectivity index (χ1n) is 8.80. The molecule has 1 saturated heterocycles. The fourth-order valence-electron chi connectivity index (χ4n) is 2.89. The lowest BCUT2D eigenvalue weighted by Gasteiger charge is -2.36. The van der Waals surface area contributed by atoms with E-state index in [1.165, 1.54) is 0 Å². The third kappa shape index (κ3) is 4.45. The topological polar surface area (TPSA) is 58.0 Å². The predicted octanol–water partition coefficient (Wildman–Crippen LogP) is 3.22. The Labute approximate surface area is 156 Å². The summed E-state index contributed by atoms with van der Waals surface area (Å²) in [5.74, 6) is 1.66. The lowest BCUT2D eigenvalue weighted by Crippen LogP contribution is -2.47. The van der Waals surface area contributed by atoms with Crippen molar-refractivity contribution in [2.75, 3.05) is 36.0 Å². The van der Waals surface area contributed by atoms with Gasteiger partial charge in [-0.25, -0.2) is 19.9 Å². The van der Waals surface area contributed by atoms with Gasteiger partial charge in [0.25, 0.3) is 0 Å². The van der Waals surface area contributed by atoms with Crippen LogP contribution in [0.1, 0.15) is 38.0 Å². The van der Waals surface area contributed by atoms with Crippen LogP contribution < -0.4 is 9.80 Å². The molecule has 1 aliphatic heterocycles. The van der Waals surface area contributed by atoms with E-state index in [4.69, 9.17) is 0 Å². The van der Waals surface area contributed by atoms with Crippen molar-refractivity contribution in [3.05, 3.63) is 35.5 Å². The monoisotopic (exact) mass is 380 g/mol. The number of halogens is 3. The fraction of sp³-hybridized carbons (Fsp3) is 0.556. The van der Waals surface area contributed by atoms with Crippen molar-refractivity contribution in [2.24, 2.45) is 0 Å². The number of piperazine rings is 1. The van der Waals surface area contributed by atoms with Crippen LogP contribution in [-0.2, 0) is 11.6 Å². The number of anilines is 2. The fourth-order valence-corrected chi connectivity index (χ4v) is 2.89. The second kappa shape index (κ2) is 6.94. The third-order valence-electron chi connectivity index (χ3n) is 4.41. The molecule has 3 heterocycles. The molecule has 0 unspecified atom stereocenters. The van der Waals surface area contributed by atoms with Crippen LogP contribution in [0.5, 0.6) is 0 Å². The Bertz CT molecular complexity index is 807. The van der Waals surface area contributed by atoms with Gasteiger partial charge in [0.15, 0.2) is 0 Å². The Morgan fingerprint density at radius 2 is 1.52 bits per heavy atom. The number of aromatic nitrogens is 4. The molecule has 0 aromatic carbocycles. The summed E-state index contributed by atoms with van der Waals surface area (Å²) in [6, 6.07) is 2.88. The zero-order valence-electron chi connectivity index (χ0n) is 15.9. The van der Waals surface area contributed by atoms with Crippen LogP contribution in [0.15, 0.2) is 18.3 Å². The maximum atomic E-state index is 12.9. The van der Waals surface area contributed by atoms with Gasteiger partial charge in [-0.3, -0.25) is 0 Å². The Morgan fingerprint density at radius 1 is 0.889 bits per heavy atom. The smallest absolute Gasteiger partial charge is 0.353 e. The Morgan fingerprint density at radius 3 is 2.11 bits per heavy atom. The van der Waals surface area contributed by atoms with E-state index in [1.54, 1.807) is 4.90 Å². The molecule has 1 aliphatic rings. The van der Waals surface area contributed by atoms with E-state index < -0.39 is 11.9 Å². The summed E-state index contributed by atoms with van der Waals surface area (Å²) in [5.41, 5.74) is -0.0410. The van der Waals surface area contributed by atoms with Crippen molar-refractivity contribution in [3.8, 4) is 0 Å². The molecule has 0 aliphatic carbocycles. The van der Waals surface area contributed by atoms with Crippen molar-refractivity contribution >= 4 is 11.8 Å². The second-order valence-corrected chi connectivity index (χ2v) is 7.62. The summed E-state index contributed by atoms with van der Waals surface area (Å²) in [4.78, 5) is 20.6. The number of nitrogens with zero attached hydrogens (tertiary/aromatic N) is 6. The standard InChI is InChI=1S/C18H23F3N6/c1-12-23-14(17(2,3)4)11-15(24-12)26-7-9-27(10-8-26)16-22-6-5-13(25-16)18(19,20)21/h5-6,11H,7-10H2,1-4H3. The van der Waals surface area contributed by atoms with Crippen molar-refractivity contribution in [1.29, 1.82) is 0 Å². The van der Waals surface area contributed by atoms with Crippen molar-refractivity contribution in [3.63, 3.8) is 0 Å². The molecule has 0 radical (unpaired) electrons. The molecule has 0 spiro atoms. The molecule has 2 aromatic heterocycles. The van der Waals surface area contributed by atoms with Gasteiger partial charge in [0.2, 0.25) is 5.95 Å². The molecular weight excluding hydrogens is 357 g/mol. The molecule has 9 heteroatoms. The normalized spacial score (nSPS) is 16.0. The minimum Gasteiger partial charge on any atom is -0.353 e. The van der Waals surface area contributed by atoms with Crippen LogP contribution in [0.25, 0.3) is 0 Å². The van der Waals surface area contributed by atoms with Gasteiger partial charge in [-0.1, -0.05) is 20.8 Å². The van der Waals surface area contributed by atoms with Gasteiger partial charge in [0.05, 0.1) is 5.69 Å². The van der Waals surface area contributed by atoms with E-state index in [9.17, 15) is 13.2 Å². The van der Waals surface area contributed by atoms with E-state index in [0.717, 1.165) is 23.8 Å². The van der Waals surface area contributed by atoms with E-state index in [2.05, 4.69) is 45.6 Å². The lowest BCUT2D eigenvalue weighted by atomic mass is 9.92. The van der Waals surface area contributed by atoms with Gasteiger partial charge in [0, 0.05) is 43.9 Å². The van der Waals surface area contributed by atoms with Gasteiger partial charge in [-0.15, -0.1) is 0 Å². The van der Waals surface area contributed by atoms with Crippen LogP contribution in [-0.4, -0.2) is 46.1 Å². The quantitative estimate of drug-likeness (QED) is 0.797. The summed E-state index contributed by atoms with van der Waals surface area (Å²) in [6.45, 7) is 10.5. The predicted molar refractivity (Wildman–Crippen MR) is 96.9 cm³/mol. The van der Waals surface area contributed by atoms with E-state index in [-0.39, 0.29) is 11.4 Å². The molecule has 2 aromatic rings. The molecule has 0 atom stereocenters. The highest BCUT2D eigenvalue weighted by Crippen LogP contribution is 2.29. The molecule has 0 amide bonds. The number of aryl methyl sites for hydroxylation is 1. The molecule has 1 fully saturated rings. The van der Waals surface area contributed by atoms with E-state index >= 15 is 0 Å². The number of hydrogen-bond acceptors (Lipinski definition) is 6. The van der Waals surface area contributed by atoms with Crippen LogP contribution in [0.3, 0.4) is 0 Å². The molecule has 27 heavy (non-hydrogen) atoms. The highest BCUT2D eigenvalue weighted by atomic mass is 19.4. The van der Waals surface area contributed by atoms with Crippen molar-refractivity contribution in [1.82, 2.24) is 19.9 Å². The van der Waals surface area contributed by atoms with Crippen molar-refractivity contribution < 1.29 is 13.2 Å². The average molecular weight is 380 g/mol. The molecule has 6 nitrogen and oxygen atoms in total. The van der Waals surface area contributed by atoms with Gasteiger partial charge < -0.3 is 9.80 Å². The van der Waals surface area contributed by atoms with Gasteiger partial charge in [-0.05, 0) is 13.0 Å². The molecule has 0 saturated carbocycles. The average Bonchev–Trinajstić information content (AvgIpc) is 2.60. The summed E-state index contributed by atoms with van der Waals surface area (Å²) in [6.07, 6.45) is -3.32. The third-order valence-corrected chi connectivity index (χ3v) is 4.41. The van der Waals surface area contributed by atoms with Gasteiger partial charge in [-0.2, -0.15) is 13.2 Å². The van der Waals surface area contributed by atoms with Gasteiger partial charge >= 0.3 is 6.18 Å². The van der Waals surface area contributed by atoms with E-state index in [0.29, 0.717) is 32.0 Å². The number of hydrogen-bond donors (Lipinski definition) is 0. The first-order chi connectivity index (χ1) is 12.5. The summed E-state index contributed by atoms with van der Waals surface area (Å²) in [7, 11) is 0. The first-order valence-corrected chi connectivity index (χ1v) is 8.80. The second-order valence-electron chi connectivity index (χ2n) is 7.62. The summed E-state index contributed by atoms with van der Waals surface area (Å²) < 4.78 is 38.6. The van der Waals surface area contributed by atoms with Crippen LogP contribution >= 0.6 is 0 Å². The number of rotatable bonds is 2. The lowest BCUT2D eigenvalue weighted by molar-refractivity contribution is -0.141. The zero-order valence-corrected chi connectivity index (χ0v) is 15.9. The summed E-state index contributed by atoms with van der Waals surface area (Å²) >= 11 is 0. The minimum absolute atomic E-state index is 0.0872. The van der Waals surface area contributed by atoms with Crippen LogP contribution in [0.2, 0.25) is 0 Å². The first kappa shape index (κ1) is 19.3. The molecular formula is C18H23F3N6. The van der Waals surface area contributed by atoms with Gasteiger partial charge in [0.1, 0.15) is 17.3 Å². The number of alkyl halides is 3. The highest BCUT2D eigenvalue weighted by Gasteiger charge is 2.33. The maximum absolute atomic E-state index is 12.9. The Balaban J connectivity index is 1.74. The minimum atomic E-state index is -4.47. The molecule has 0 bridgehead atoms. The van der Waals surface area contributed by atoms with Crippen LogP contribution in [0.4, 0.5) is 24.9 Å².